The van der Waals surface area contributed by atoms with Gasteiger partial charge in [-0.2, -0.15) is 0 Å². The molecule has 2 N–H and O–H groups in total. The molecule has 20 heavy (non-hydrogen) atoms. The fourth-order valence-electron chi connectivity index (χ4n) is 2.93. The second kappa shape index (κ2) is 5.38. The summed E-state index contributed by atoms with van der Waals surface area (Å²) in [5, 5.41) is 4.35. The van der Waals surface area contributed by atoms with Gasteiger partial charge in [-0.05, 0) is 38.4 Å². The average Bonchev–Trinajstić information content (AvgIpc) is 2.75. The summed E-state index contributed by atoms with van der Waals surface area (Å²) in [5.74, 6) is 0. The molecule has 0 aliphatic carbocycles. The largest absolute Gasteiger partial charge is 0.350 e. The Morgan fingerprint density at radius 1 is 1.40 bits per heavy atom. The van der Waals surface area contributed by atoms with E-state index in [2.05, 4.69) is 16.9 Å². The van der Waals surface area contributed by atoms with Crippen LogP contribution in [-0.2, 0) is 6.54 Å². The number of piperidine rings is 1. The summed E-state index contributed by atoms with van der Waals surface area (Å²) in [5.41, 5.74) is 6.60. The minimum Gasteiger partial charge on any atom is -0.328 e. The van der Waals surface area contributed by atoms with E-state index >= 15 is 0 Å². The summed E-state index contributed by atoms with van der Waals surface area (Å²) in [6, 6.07) is 6.38. The molecule has 1 aliphatic rings. The zero-order chi connectivity index (χ0) is 14.1. The van der Waals surface area contributed by atoms with Crippen molar-refractivity contribution in [3.05, 3.63) is 34.9 Å². The molecule has 2 aromatic rings. The fraction of sp³-hybridized carbons (Fsp3) is 0.571. The van der Waals surface area contributed by atoms with Gasteiger partial charge in [-0.3, -0.25) is 9.30 Å². The van der Waals surface area contributed by atoms with Gasteiger partial charge in [0.25, 0.3) is 0 Å². The van der Waals surface area contributed by atoms with Crippen molar-refractivity contribution in [3.8, 4) is 0 Å². The number of hydrogen-bond donors (Lipinski definition) is 1. The Morgan fingerprint density at radius 3 is 3.00 bits per heavy atom. The Labute approximate surface area is 117 Å². The van der Waals surface area contributed by atoms with Gasteiger partial charge in [-0.15, -0.1) is 5.10 Å². The lowest BCUT2D eigenvalue weighted by molar-refractivity contribution is 0.140. The van der Waals surface area contributed by atoms with Crippen LogP contribution in [0.25, 0.3) is 5.65 Å². The van der Waals surface area contributed by atoms with Crippen LogP contribution in [0.3, 0.4) is 0 Å². The smallest absolute Gasteiger partial charge is 0.328 e. The molecule has 0 saturated carbocycles. The van der Waals surface area contributed by atoms with Gasteiger partial charge < -0.3 is 5.73 Å². The minimum atomic E-state index is -0.0676. The SMILES string of the molecule is CC1CC(N)CCN1CCn1nc2ccccn2c1=O. The van der Waals surface area contributed by atoms with E-state index in [1.807, 2.05) is 18.2 Å². The van der Waals surface area contributed by atoms with Crippen molar-refractivity contribution in [2.24, 2.45) is 5.73 Å². The van der Waals surface area contributed by atoms with Gasteiger partial charge in [0.2, 0.25) is 0 Å². The Bertz CT molecular complexity index is 646. The summed E-state index contributed by atoms with van der Waals surface area (Å²) in [4.78, 5) is 14.5. The third-order valence-corrected chi connectivity index (χ3v) is 4.14. The van der Waals surface area contributed by atoms with Crippen LogP contribution >= 0.6 is 0 Å². The van der Waals surface area contributed by atoms with Gasteiger partial charge >= 0.3 is 5.69 Å². The van der Waals surface area contributed by atoms with Crippen molar-refractivity contribution in [1.29, 1.82) is 0 Å². The van der Waals surface area contributed by atoms with Gasteiger partial charge in [0.15, 0.2) is 5.65 Å². The van der Waals surface area contributed by atoms with Crippen molar-refractivity contribution in [1.82, 2.24) is 19.1 Å². The summed E-state index contributed by atoms with van der Waals surface area (Å²) < 4.78 is 3.13. The summed E-state index contributed by atoms with van der Waals surface area (Å²) in [6.45, 7) is 4.67. The molecule has 1 saturated heterocycles. The quantitative estimate of drug-likeness (QED) is 0.875. The molecule has 6 heteroatoms. The predicted molar refractivity (Wildman–Crippen MR) is 77.7 cm³/mol. The first-order valence-electron chi connectivity index (χ1n) is 7.19. The predicted octanol–water partition coefficient (Wildman–Crippen LogP) is 0.308. The van der Waals surface area contributed by atoms with Gasteiger partial charge in [0, 0.05) is 24.8 Å². The number of hydrogen-bond acceptors (Lipinski definition) is 4. The standard InChI is InChI=1S/C14H21N5O/c1-11-10-12(15)5-7-17(11)8-9-19-14(20)18-6-3-2-4-13(18)16-19/h2-4,6,11-12H,5,7-10,15H2,1H3. The number of likely N-dealkylation sites (tertiary alicyclic amines) is 1. The van der Waals surface area contributed by atoms with Crippen LogP contribution in [0.5, 0.6) is 0 Å². The Kier molecular flexibility index (Phi) is 3.58. The molecule has 1 aliphatic heterocycles. The number of rotatable bonds is 3. The number of nitrogens with two attached hydrogens (primary N) is 1. The number of aromatic nitrogens is 3. The molecule has 1 fully saturated rings. The zero-order valence-corrected chi connectivity index (χ0v) is 11.8. The second-order valence-electron chi connectivity index (χ2n) is 5.60. The number of pyridine rings is 1. The van der Waals surface area contributed by atoms with Gasteiger partial charge in [0.05, 0.1) is 6.54 Å². The molecular formula is C14H21N5O. The second-order valence-corrected chi connectivity index (χ2v) is 5.60. The third kappa shape index (κ3) is 2.48. The van der Waals surface area contributed by atoms with Gasteiger partial charge in [0.1, 0.15) is 0 Å². The average molecular weight is 275 g/mol. The molecule has 0 radical (unpaired) electrons. The molecule has 0 spiro atoms. The first-order chi connectivity index (χ1) is 9.65. The van der Waals surface area contributed by atoms with E-state index in [9.17, 15) is 4.79 Å². The lowest BCUT2D eigenvalue weighted by atomic mass is 9.99. The van der Waals surface area contributed by atoms with E-state index in [0.717, 1.165) is 25.9 Å². The monoisotopic (exact) mass is 275 g/mol. The molecule has 0 aromatic carbocycles. The lowest BCUT2D eigenvalue weighted by Gasteiger charge is -2.36. The maximum atomic E-state index is 12.2. The summed E-state index contributed by atoms with van der Waals surface area (Å²) in [7, 11) is 0. The van der Waals surface area contributed by atoms with E-state index < -0.39 is 0 Å². The molecule has 3 rings (SSSR count). The van der Waals surface area contributed by atoms with Crippen molar-refractivity contribution in [3.63, 3.8) is 0 Å². The van der Waals surface area contributed by atoms with Crippen molar-refractivity contribution < 1.29 is 0 Å². The van der Waals surface area contributed by atoms with Crippen LogP contribution in [0.1, 0.15) is 19.8 Å². The lowest BCUT2D eigenvalue weighted by Crippen LogP contribution is -2.47. The molecule has 2 unspecified atom stereocenters. The first-order valence-corrected chi connectivity index (χ1v) is 7.19. The van der Waals surface area contributed by atoms with E-state index in [1.165, 1.54) is 0 Å². The molecule has 2 aromatic heterocycles. The van der Waals surface area contributed by atoms with E-state index in [-0.39, 0.29) is 5.69 Å². The van der Waals surface area contributed by atoms with Crippen molar-refractivity contribution >= 4 is 5.65 Å². The molecule has 0 bridgehead atoms. The van der Waals surface area contributed by atoms with Crippen molar-refractivity contribution in [2.75, 3.05) is 13.1 Å². The third-order valence-electron chi connectivity index (χ3n) is 4.14. The van der Waals surface area contributed by atoms with Crippen LogP contribution in [-0.4, -0.2) is 44.3 Å². The van der Waals surface area contributed by atoms with Crippen LogP contribution in [0, 0.1) is 0 Å². The highest BCUT2D eigenvalue weighted by Crippen LogP contribution is 2.15. The van der Waals surface area contributed by atoms with E-state index in [0.29, 0.717) is 24.3 Å². The summed E-state index contributed by atoms with van der Waals surface area (Å²) in [6.07, 6.45) is 3.81. The molecule has 6 nitrogen and oxygen atoms in total. The number of nitrogens with zero attached hydrogens (tertiary/aromatic N) is 4. The Hall–Kier alpha value is -1.66. The Balaban J connectivity index is 1.71. The first kappa shape index (κ1) is 13.3. The summed E-state index contributed by atoms with van der Waals surface area (Å²) >= 11 is 0. The van der Waals surface area contributed by atoms with E-state index in [4.69, 9.17) is 5.73 Å². The van der Waals surface area contributed by atoms with Gasteiger partial charge in [-0.1, -0.05) is 6.07 Å². The molecule has 0 amide bonds. The number of fused-ring (bicyclic) bond motifs is 1. The van der Waals surface area contributed by atoms with Gasteiger partial charge in [-0.25, -0.2) is 9.48 Å². The highest BCUT2D eigenvalue weighted by molar-refractivity contribution is 5.35. The molecular weight excluding hydrogens is 254 g/mol. The maximum Gasteiger partial charge on any atom is 0.350 e. The molecule has 2 atom stereocenters. The van der Waals surface area contributed by atoms with Crippen LogP contribution in [0.2, 0.25) is 0 Å². The van der Waals surface area contributed by atoms with E-state index in [1.54, 1.807) is 15.3 Å². The normalized spacial score (nSPS) is 24.3. The fourth-order valence-corrected chi connectivity index (χ4v) is 2.93. The van der Waals surface area contributed by atoms with Crippen LogP contribution in [0.4, 0.5) is 0 Å². The molecule has 108 valence electrons. The molecule has 3 heterocycles. The Morgan fingerprint density at radius 2 is 2.25 bits per heavy atom. The highest BCUT2D eigenvalue weighted by Gasteiger charge is 2.23. The van der Waals surface area contributed by atoms with Crippen LogP contribution < -0.4 is 11.4 Å². The topological polar surface area (TPSA) is 68.6 Å². The highest BCUT2D eigenvalue weighted by atomic mass is 16.2. The van der Waals surface area contributed by atoms with Crippen LogP contribution in [0.15, 0.2) is 29.2 Å². The zero-order valence-electron chi connectivity index (χ0n) is 11.8. The van der Waals surface area contributed by atoms with Crippen molar-refractivity contribution in [2.45, 2.75) is 38.4 Å². The minimum absolute atomic E-state index is 0.0676. The maximum absolute atomic E-state index is 12.2.